The van der Waals surface area contributed by atoms with Crippen LogP contribution in [0.25, 0.3) is 0 Å². The first-order valence-electron chi connectivity index (χ1n) is 7.06. The highest BCUT2D eigenvalue weighted by atomic mass is 32.2. The number of benzene rings is 1. The van der Waals surface area contributed by atoms with E-state index in [0.717, 1.165) is 17.8 Å². The minimum atomic E-state index is -3.27. The SMILES string of the molecule is CC/C(=C\C1=NN(c2ccc(F)cc2)CC1)N(C)S(C)(=O)=O. The molecule has 0 radical (unpaired) electrons. The molecule has 120 valence electrons. The van der Waals surface area contributed by atoms with E-state index in [-0.39, 0.29) is 5.82 Å². The standard InChI is InChI=1S/C15H20FN3O2S/c1-4-14(18(2)22(3,20)21)11-13-9-10-19(17-13)15-7-5-12(16)6-8-15/h5-8,11H,4,9-10H2,1-3H3/b14-11+. The van der Waals surface area contributed by atoms with Crippen molar-refractivity contribution in [1.29, 1.82) is 0 Å². The highest BCUT2D eigenvalue weighted by molar-refractivity contribution is 7.88. The van der Waals surface area contributed by atoms with Gasteiger partial charge in [-0.1, -0.05) is 6.92 Å². The average Bonchev–Trinajstić information content (AvgIpc) is 2.92. The number of anilines is 1. The number of rotatable bonds is 5. The van der Waals surface area contributed by atoms with Gasteiger partial charge in [-0.05, 0) is 36.8 Å². The van der Waals surface area contributed by atoms with Crippen molar-refractivity contribution in [2.24, 2.45) is 5.10 Å². The minimum absolute atomic E-state index is 0.282. The molecule has 0 atom stereocenters. The Hall–Kier alpha value is -1.89. The summed E-state index contributed by atoms with van der Waals surface area (Å²) in [5.41, 5.74) is 2.33. The molecule has 0 N–H and O–H groups in total. The molecule has 0 aromatic heterocycles. The van der Waals surface area contributed by atoms with E-state index in [1.807, 2.05) is 13.0 Å². The molecule has 1 aliphatic heterocycles. The summed E-state index contributed by atoms with van der Waals surface area (Å²) in [6, 6.07) is 6.14. The van der Waals surface area contributed by atoms with Crippen LogP contribution in [0, 0.1) is 5.82 Å². The van der Waals surface area contributed by atoms with Crippen LogP contribution in [0.3, 0.4) is 0 Å². The first kappa shape index (κ1) is 16.5. The van der Waals surface area contributed by atoms with E-state index in [9.17, 15) is 12.8 Å². The number of nitrogens with zero attached hydrogens (tertiary/aromatic N) is 3. The molecule has 7 heteroatoms. The van der Waals surface area contributed by atoms with Crippen LogP contribution in [0.15, 0.2) is 41.1 Å². The second-order valence-corrected chi connectivity index (χ2v) is 7.17. The number of halogens is 1. The van der Waals surface area contributed by atoms with E-state index < -0.39 is 10.0 Å². The van der Waals surface area contributed by atoms with Crippen molar-refractivity contribution in [3.63, 3.8) is 0 Å². The number of allylic oxidation sites excluding steroid dienone is 2. The Labute approximate surface area is 130 Å². The van der Waals surface area contributed by atoms with Gasteiger partial charge in [-0.3, -0.25) is 9.31 Å². The minimum Gasteiger partial charge on any atom is -0.277 e. The van der Waals surface area contributed by atoms with Gasteiger partial charge >= 0.3 is 0 Å². The lowest BCUT2D eigenvalue weighted by Gasteiger charge is -2.19. The highest BCUT2D eigenvalue weighted by Crippen LogP contribution is 2.21. The quantitative estimate of drug-likeness (QED) is 0.836. The summed E-state index contributed by atoms with van der Waals surface area (Å²) in [6.07, 6.45) is 4.31. The van der Waals surface area contributed by atoms with Gasteiger partial charge in [-0.2, -0.15) is 5.10 Å². The molecule has 1 aromatic carbocycles. The summed E-state index contributed by atoms with van der Waals surface area (Å²) in [7, 11) is -1.73. The fourth-order valence-corrected chi connectivity index (χ4v) is 2.81. The molecule has 0 saturated carbocycles. The Morgan fingerprint density at radius 3 is 2.59 bits per heavy atom. The fraction of sp³-hybridized carbons (Fsp3) is 0.400. The Kier molecular flexibility index (Phi) is 4.85. The van der Waals surface area contributed by atoms with Crippen molar-refractivity contribution in [1.82, 2.24) is 4.31 Å². The first-order valence-corrected chi connectivity index (χ1v) is 8.91. The third-order valence-electron chi connectivity index (χ3n) is 3.55. The molecular weight excluding hydrogens is 305 g/mol. The normalized spacial score (nSPS) is 15.9. The molecule has 0 unspecified atom stereocenters. The molecule has 0 aliphatic carbocycles. The molecule has 0 amide bonds. The van der Waals surface area contributed by atoms with Crippen molar-refractivity contribution in [2.75, 3.05) is 24.9 Å². The number of sulfonamides is 1. The van der Waals surface area contributed by atoms with Crippen LogP contribution in [0.5, 0.6) is 0 Å². The zero-order chi connectivity index (χ0) is 16.3. The van der Waals surface area contributed by atoms with Crippen LogP contribution < -0.4 is 5.01 Å². The van der Waals surface area contributed by atoms with Gasteiger partial charge in [0.25, 0.3) is 0 Å². The van der Waals surface area contributed by atoms with E-state index in [4.69, 9.17) is 0 Å². The van der Waals surface area contributed by atoms with Gasteiger partial charge in [0, 0.05) is 25.7 Å². The number of hydrogen-bond donors (Lipinski definition) is 0. The van der Waals surface area contributed by atoms with Crippen molar-refractivity contribution in [3.05, 3.63) is 41.9 Å². The van der Waals surface area contributed by atoms with E-state index in [2.05, 4.69) is 5.10 Å². The lowest BCUT2D eigenvalue weighted by molar-refractivity contribution is 0.523. The molecule has 1 heterocycles. The van der Waals surface area contributed by atoms with Gasteiger partial charge in [-0.25, -0.2) is 12.8 Å². The topological polar surface area (TPSA) is 53.0 Å². The van der Waals surface area contributed by atoms with Crippen LogP contribution in [0.2, 0.25) is 0 Å². The lowest BCUT2D eigenvalue weighted by atomic mass is 10.2. The second-order valence-electron chi connectivity index (χ2n) is 5.16. The monoisotopic (exact) mass is 325 g/mol. The van der Waals surface area contributed by atoms with Gasteiger partial charge in [0.2, 0.25) is 10.0 Å². The molecule has 0 spiro atoms. The molecule has 1 aromatic rings. The zero-order valence-corrected chi connectivity index (χ0v) is 13.8. The highest BCUT2D eigenvalue weighted by Gasteiger charge is 2.18. The van der Waals surface area contributed by atoms with Crippen LogP contribution >= 0.6 is 0 Å². The summed E-state index contributed by atoms with van der Waals surface area (Å²) in [4.78, 5) is 0. The number of hydrazone groups is 1. The smallest absolute Gasteiger partial charge is 0.231 e. The summed E-state index contributed by atoms with van der Waals surface area (Å²) < 4.78 is 37.5. The Morgan fingerprint density at radius 1 is 1.41 bits per heavy atom. The van der Waals surface area contributed by atoms with E-state index in [1.165, 1.54) is 29.7 Å². The lowest BCUT2D eigenvalue weighted by Crippen LogP contribution is -2.25. The molecule has 0 fully saturated rings. The van der Waals surface area contributed by atoms with Crippen molar-refractivity contribution >= 4 is 21.4 Å². The van der Waals surface area contributed by atoms with E-state index >= 15 is 0 Å². The summed E-state index contributed by atoms with van der Waals surface area (Å²) in [5.74, 6) is -0.282. The Balaban J connectivity index is 2.21. The third kappa shape index (κ3) is 3.85. The maximum atomic E-state index is 12.9. The van der Waals surface area contributed by atoms with Gasteiger partial charge in [0.05, 0.1) is 17.7 Å². The number of hydrogen-bond acceptors (Lipinski definition) is 4. The van der Waals surface area contributed by atoms with Crippen LogP contribution in [-0.4, -0.2) is 38.3 Å². The molecule has 5 nitrogen and oxygen atoms in total. The van der Waals surface area contributed by atoms with Crippen molar-refractivity contribution in [3.8, 4) is 0 Å². The van der Waals surface area contributed by atoms with Crippen molar-refractivity contribution < 1.29 is 12.8 Å². The van der Waals surface area contributed by atoms with E-state index in [1.54, 1.807) is 17.1 Å². The van der Waals surface area contributed by atoms with E-state index in [0.29, 0.717) is 18.7 Å². The fourth-order valence-electron chi connectivity index (χ4n) is 2.20. The molecule has 22 heavy (non-hydrogen) atoms. The van der Waals surface area contributed by atoms with Gasteiger partial charge in [0.1, 0.15) is 5.82 Å². The maximum absolute atomic E-state index is 12.9. The Morgan fingerprint density at radius 2 is 2.05 bits per heavy atom. The third-order valence-corrected chi connectivity index (χ3v) is 4.78. The average molecular weight is 325 g/mol. The van der Waals surface area contributed by atoms with Crippen LogP contribution in [0.4, 0.5) is 10.1 Å². The molecule has 0 bridgehead atoms. The molecule has 0 saturated heterocycles. The summed E-state index contributed by atoms with van der Waals surface area (Å²) >= 11 is 0. The second kappa shape index (κ2) is 6.48. The molecule has 2 rings (SSSR count). The van der Waals surface area contributed by atoms with Gasteiger partial charge in [0.15, 0.2) is 0 Å². The zero-order valence-electron chi connectivity index (χ0n) is 13.0. The largest absolute Gasteiger partial charge is 0.277 e. The predicted octanol–water partition coefficient (Wildman–Crippen LogP) is 2.58. The van der Waals surface area contributed by atoms with Crippen LogP contribution in [0.1, 0.15) is 19.8 Å². The predicted molar refractivity (Wildman–Crippen MR) is 86.8 cm³/mol. The van der Waals surface area contributed by atoms with Crippen molar-refractivity contribution in [2.45, 2.75) is 19.8 Å². The van der Waals surface area contributed by atoms with Gasteiger partial charge < -0.3 is 0 Å². The van der Waals surface area contributed by atoms with Gasteiger partial charge in [-0.15, -0.1) is 0 Å². The molecular formula is C15H20FN3O2S. The first-order chi connectivity index (χ1) is 10.3. The summed E-state index contributed by atoms with van der Waals surface area (Å²) in [5, 5.41) is 6.26. The molecule has 1 aliphatic rings. The Bertz CT molecular complexity index is 696. The maximum Gasteiger partial charge on any atom is 0.231 e. The van der Waals surface area contributed by atoms with Crippen LogP contribution in [-0.2, 0) is 10.0 Å². The summed E-state index contributed by atoms with van der Waals surface area (Å²) in [6.45, 7) is 2.60.